The number of carbonyl (C=O) groups excluding carboxylic acids is 1. The van der Waals surface area contributed by atoms with Gasteiger partial charge in [-0.3, -0.25) is 0 Å². The molecule has 0 saturated carbocycles. The van der Waals surface area contributed by atoms with Crippen molar-refractivity contribution < 1.29 is 31.5 Å². The van der Waals surface area contributed by atoms with Gasteiger partial charge in [-0.25, -0.2) is 22.0 Å². The van der Waals surface area contributed by atoms with Gasteiger partial charge in [0, 0.05) is 5.56 Å². The summed E-state index contributed by atoms with van der Waals surface area (Å²) in [5, 5.41) is 0. The van der Waals surface area contributed by atoms with E-state index in [4.69, 9.17) is 9.47 Å². The number of ether oxygens (including phenoxy) is 2. The molecule has 3 aromatic carbocycles. The summed E-state index contributed by atoms with van der Waals surface area (Å²) in [5.41, 5.74) is -0.373. The highest BCUT2D eigenvalue weighted by Crippen LogP contribution is 2.34. The standard InChI is InChI=1S/C25H24F2O5S/c1-16(24(28)32-25(2,3)4)31-22-12-11-18(26)15-20(22)17-10-13-23(21(27)14-17)33(29,30)19-8-6-5-7-9-19/h5-16H,1-4H3/t16-/m0/s1. The van der Waals surface area contributed by atoms with Crippen molar-refractivity contribution in [1.82, 2.24) is 0 Å². The third-order valence-corrected chi connectivity index (χ3v) is 6.37. The Morgan fingerprint density at radius 3 is 2.21 bits per heavy atom. The minimum atomic E-state index is -4.08. The topological polar surface area (TPSA) is 69.7 Å². The van der Waals surface area contributed by atoms with Gasteiger partial charge >= 0.3 is 5.97 Å². The molecule has 1 atom stereocenters. The van der Waals surface area contributed by atoms with Gasteiger partial charge in [0.2, 0.25) is 9.84 Å². The van der Waals surface area contributed by atoms with E-state index in [0.29, 0.717) is 0 Å². The van der Waals surface area contributed by atoms with Crippen molar-refractivity contribution in [2.45, 2.75) is 49.2 Å². The van der Waals surface area contributed by atoms with Gasteiger partial charge in [-0.15, -0.1) is 0 Å². The van der Waals surface area contributed by atoms with Gasteiger partial charge in [0.25, 0.3) is 0 Å². The summed E-state index contributed by atoms with van der Waals surface area (Å²) in [6.07, 6.45) is -1.02. The second-order valence-electron chi connectivity index (χ2n) is 8.40. The average molecular weight is 475 g/mol. The smallest absolute Gasteiger partial charge is 0.347 e. The van der Waals surface area contributed by atoms with Crippen LogP contribution in [0.1, 0.15) is 27.7 Å². The highest BCUT2D eigenvalue weighted by Gasteiger charge is 2.25. The molecule has 0 aromatic heterocycles. The van der Waals surface area contributed by atoms with E-state index < -0.39 is 44.0 Å². The molecule has 0 bridgehead atoms. The van der Waals surface area contributed by atoms with E-state index in [2.05, 4.69) is 0 Å². The van der Waals surface area contributed by atoms with Crippen LogP contribution in [-0.4, -0.2) is 26.1 Å². The van der Waals surface area contributed by atoms with E-state index in [1.807, 2.05) is 0 Å². The van der Waals surface area contributed by atoms with Crippen LogP contribution in [0.2, 0.25) is 0 Å². The van der Waals surface area contributed by atoms with Gasteiger partial charge in [0.1, 0.15) is 27.9 Å². The third kappa shape index (κ3) is 5.76. The molecule has 0 saturated heterocycles. The number of benzene rings is 3. The van der Waals surface area contributed by atoms with Gasteiger partial charge in [-0.2, -0.15) is 0 Å². The van der Waals surface area contributed by atoms with Crippen molar-refractivity contribution >= 4 is 15.8 Å². The van der Waals surface area contributed by atoms with Gasteiger partial charge in [-0.05, 0) is 75.7 Å². The summed E-state index contributed by atoms with van der Waals surface area (Å²) in [5.74, 6) is -2.10. The summed E-state index contributed by atoms with van der Waals surface area (Å²) < 4.78 is 65.5. The van der Waals surface area contributed by atoms with E-state index in [1.165, 1.54) is 31.2 Å². The molecule has 0 unspecified atom stereocenters. The number of sulfone groups is 1. The number of esters is 1. The number of carbonyl (C=O) groups is 1. The van der Waals surface area contributed by atoms with Crippen LogP contribution in [0.5, 0.6) is 5.75 Å². The molecule has 5 nitrogen and oxygen atoms in total. The quantitative estimate of drug-likeness (QED) is 0.437. The second-order valence-corrected chi connectivity index (χ2v) is 10.3. The van der Waals surface area contributed by atoms with Crippen molar-refractivity contribution in [3.63, 3.8) is 0 Å². The number of hydrogen-bond acceptors (Lipinski definition) is 5. The Balaban J connectivity index is 1.96. The summed E-state index contributed by atoms with van der Waals surface area (Å²) in [6, 6.07) is 14.6. The summed E-state index contributed by atoms with van der Waals surface area (Å²) in [7, 11) is -4.08. The molecule has 0 spiro atoms. The lowest BCUT2D eigenvalue weighted by Gasteiger charge is -2.23. The summed E-state index contributed by atoms with van der Waals surface area (Å²) in [6.45, 7) is 6.63. The molecular formula is C25H24F2O5S. The molecular weight excluding hydrogens is 450 g/mol. The first-order chi connectivity index (χ1) is 15.4. The Bertz CT molecular complexity index is 1270. The van der Waals surface area contributed by atoms with Crippen molar-refractivity contribution in [2.75, 3.05) is 0 Å². The fourth-order valence-electron chi connectivity index (χ4n) is 3.07. The van der Waals surface area contributed by atoms with Crippen LogP contribution in [0.15, 0.2) is 76.5 Å². The minimum Gasteiger partial charge on any atom is -0.478 e. The van der Waals surface area contributed by atoms with Crippen LogP contribution in [0.4, 0.5) is 8.78 Å². The maximum Gasteiger partial charge on any atom is 0.347 e. The highest BCUT2D eigenvalue weighted by molar-refractivity contribution is 7.91. The molecule has 3 rings (SSSR count). The largest absolute Gasteiger partial charge is 0.478 e. The van der Waals surface area contributed by atoms with E-state index >= 15 is 0 Å². The Morgan fingerprint density at radius 2 is 1.61 bits per heavy atom. The number of rotatable bonds is 6. The van der Waals surface area contributed by atoms with Crippen LogP contribution < -0.4 is 4.74 Å². The van der Waals surface area contributed by atoms with E-state index in [0.717, 1.165) is 24.3 Å². The fraction of sp³-hybridized carbons (Fsp3) is 0.240. The van der Waals surface area contributed by atoms with Gasteiger partial charge in [0.15, 0.2) is 6.10 Å². The van der Waals surface area contributed by atoms with Crippen LogP contribution in [0, 0.1) is 11.6 Å². The molecule has 0 heterocycles. The Kier molecular flexibility index (Phi) is 6.88. The lowest BCUT2D eigenvalue weighted by atomic mass is 10.0. The molecule has 0 N–H and O–H groups in total. The molecule has 0 fully saturated rings. The fourth-order valence-corrected chi connectivity index (χ4v) is 4.40. The van der Waals surface area contributed by atoms with Crippen molar-refractivity contribution in [3.8, 4) is 16.9 Å². The molecule has 0 amide bonds. The van der Waals surface area contributed by atoms with E-state index in [1.54, 1.807) is 39.0 Å². The monoisotopic (exact) mass is 474 g/mol. The normalized spacial score (nSPS) is 12.8. The molecule has 3 aromatic rings. The molecule has 0 aliphatic heterocycles. The maximum absolute atomic E-state index is 14.9. The number of hydrogen-bond donors (Lipinski definition) is 0. The summed E-state index contributed by atoms with van der Waals surface area (Å²) in [4.78, 5) is 11.7. The van der Waals surface area contributed by atoms with E-state index in [-0.39, 0.29) is 21.8 Å². The molecule has 33 heavy (non-hydrogen) atoms. The van der Waals surface area contributed by atoms with Gasteiger partial charge in [-0.1, -0.05) is 24.3 Å². The first-order valence-corrected chi connectivity index (χ1v) is 11.7. The first kappa shape index (κ1) is 24.4. The zero-order valence-corrected chi connectivity index (χ0v) is 19.5. The minimum absolute atomic E-state index is 0.0439. The van der Waals surface area contributed by atoms with Crippen molar-refractivity contribution in [2.24, 2.45) is 0 Å². The van der Waals surface area contributed by atoms with Crippen LogP contribution >= 0.6 is 0 Å². The van der Waals surface area contributed by atoms with Gasteiger partial charge in [0.05, 0.1) is 4.90 Å². The molecule has 0 aliphatic rings. The first-order valence-electron chi connectivity index (χ1n) is 10.2. The predicted molar refractivity (Wildman–Crippen MR) is 120 cm³/mol. The molecule has 8 heteroatoms. The zero-order valence-electron chi connectivity index (χ0n) is 18.6. The third-order valence-electron chi connectivity index (χ3n) is 4.57. The zero-order chi connectivity index (χ0) is 24.4. The van der Waals surface area contributed by atoms with E-state index in [9.17, 15) is 22.0 Å². The van der Waals surface area contributed by atoms with Crippen LogP contribution in [0.25, 0.3) is 11.1 Å². The molecule has 174 valence electrons. The maximum atomic E-state index is 14.9. The van der Waals surface area contributed by atoms with Crippen LogP contribution in [-0.2, 0) is 19.4 Å². The predicted octanol–water partition coefficient (Wildman–Crippen LogP) is 5.57. The Morgan fingerprint density at radius 1 is 0.939 bits per heavy atom. The molecule has 0 aliphatic carbocycles. The molecule has 0 radical (unpaired) electrons. The Hall–Kier alpha value is -3.26. The average Bonchev–Trinajstić information content (AvgIpc) is 2.74. The second kappa shape index (κ2) is 9.31. The van der Waals surface area contributed by atoms with Gasteiger partial charge < -0.3 is 9.47 Å². The van der Waals surface area contributed by atoms with Crippen molar-refractivity contribution in [1.29, 1.82) is 0 Å². The Labute approximate surface area is 191 Å². The van der Waals surface area contributed by atoms with Crippen molar-refractivity contribution in [3.05, 3.63) is 78.4 Å². The SMILES string of the molecule is C[C@H](Oc1ccc(F)cc1-c1ccc(S(=O)(=O)c2ccccc2)c(F)c1)C(=O)OC(C)(C)C. The number of halogens is 2. The lowest BCUT2D eigenvalue weighted by molar-refractivity contribution is -0.162. The summed E-state index contributed by atoms with van der Waals surface area (Å²) >= 11 is 0. The lowest BCUT2D eigenvalue weighted by Crippen LogP contribution is -2.33. The van der Waals surface area contributed by atoms with Crippen LogP contribution in [0.3, 0.4) is 0 Å². The highest BCUT2D eigenvalue weighted by atomic mass is 32.2.